The molecule has 0 heterocycles. The summed E-state index contributed by atoms with van der Waals surface area (Å²) >= 11 is 0. The fourth-order valence-electron chi connectivity index (χ4n) is 2.43. The third-order valence-electron chi connectivity index (χ3n) is 3.63. The highest BCUT2D eigenvalue weighted by atomic mass is 16.6. The zero-order valence-corrected chi connectivity index (χ0v) is 15.3. The van der Waals surface area contributed by atoms with Crippen molar-refractivity contribution in [1.29, 1.82) is 0 Å². The molecular weight excluding hydrogens is 288 g/mol. The van der Waals surface area contributed by atoms with E-state index >= 15 is 0 Å². The van der Waals surface area contributed by atoms with Crippen LogP contribution < -0.4 is 10.6 Å². The van der Waals surface area contributed by atoms with Gasteiger partial charge in [0.05, 0.1) is 0 Å². The molecule has 2 unspecified atom stereocenters. The number of ether oxygens (including phenoxy) is 1. The zero-order valence-electron chi connectivity index (χ0n) is 15.3. The summed E-state index contributed by atoms with van der Waals surface area (Å²) in [5.41, 5.74) is 0.808. The molecule has 0 saturated carbocycles. The van der Waals surface area contributed by atoms with E-state index in [9.17, 15) is 4.79 Å². The smallest absolute Gasteiger partial charge is 0.407 e. The molecule has 0 radical (unpaired) electrons. The lowest BCUT2D eigenvalue weighted by atomic mass is 9.95. The molecular formula is C19H32N2O2. The molecule has 4 heteroatoms. The van der Waals surface area contributed by atoms with E-state index in [0.717, 1.165) is 6.42 Å². The monoisotopic (exact) mass is 320 g/mol. The summed E-state index contributed by atoms with van der Waals surface area (Å²) in [6.07, 6.45) is 0.574. The maximum absolute atomic E-state index is 11.8. The van der Waals surface area contributed by atoms with Gasteiger partial charge in [-0.3, -0.25) is 0 Å². The minimum absolute atomic E-state index is 0.204. The van der Waals surface area contributed by atoms with Gasteiger partial charge in [0, 0.05) is 18.6 Å². The summed E-state index contributed by atoms with van der Waals surface area (Å²) in [5, 5.41) is 6.53. The normalized spacial score (nSPS) is 14.4. The van der Waals surface area contributed by atoms with Crippen LogP contribution in [0.3, 0.4) is 0 Å². The van der Waals surface area contributed by atoms with Crippen molar-refractivity contribution in [1.82, 2.24) is 10.6 Å². The molecule has 2 atom stereocenters. The summed E-state index contributed by atoms with van der Waals surface area (Å²) in [7, 11) is 0. The first kappa shape index (κ1) is 19.5. The molecule has 4 nitrogen and oxygen atoms in total. The molecule has 1 aromatic rings. The molecule has 0 spiro atoms. The van der Waals surface area contributed by atoms with Gasteiger partial charge in [0.1, 0.15) is 5.60 Å². The fraction of sp³-hybridized carbons (Fsp3) is 0.632. The van der Waals surface area contributed by atoms with E-state index in [1.165, 1.54) is 5.56 Å². The summed E-state index contributed by atoms with van der Waals surface area (Å²) < 4.78 is 5.29. The minimum atomic E-state index is -0.469. The Balaban J connectivity index is 2.61. The second-order valence-corrected chi connectivity index (χ2v) is 7.29. The Morgan fingerprint density at radius 3 is 2.26 bits per heavy atom. The van der Waals surface area contributed by atoms with Crippen molar-refractivity contribution in [3.8, 4) is 0 Å². The first-order valence-corrected chi connectivity index (χ1v) is 8.50. The Hall–Kier alpha value is -1.55. The van der Waals surface area contributed by atoms with E-state index in [1.807, 2.05) is 26.8 Å². The number of carbonyl (C=O) groups is 1. The van der Waals surface area contributed by atoms with Gasteiger partial charge in [-0.1, -0.05) is 51.1 Å². The Labute approximate surface area is 141 Å². The number of carbonyl (C=O) groups excluding carboxylic acids is 1. The Bertz CT molecular complexity index is 466. The van der Waals surface area contributed by atoms with Crippen molar-refractivity contribution in [3.63, 3.8) is 0 Å². The van der Waals surface area contributed by atoms with E-state index in [0.29, 0.717) is 12.5 Å². The highest BCUT2D eigenvalue weighted by molar-refractivity contribution is 5.67. The highest BCUT2D eigenvalue weighted by Gasteiger charge is 2.21. The molecule has 0 fully saturated rings. The summed E-state index contributed by atoms with van der Waals surface area (Å²) in [6.45, 7) is 12.7. The molecule has 2 N–H and O–H groups in total. The van der Waals surface area contributed by atoms with Gasteiger partial charge in [0.2, 0.25) is 0 Å². The van der Waals surface area contributed by atoms with E-state index in [-0.39, 0.29) is 18.2 Å². The Morgan fingerprint density at radius 1 is 1.17 bits per heavy atom. The van der Waals surface area contributed by atoms with Crippen LogP contribution in [0.25, 0.3) is 0 Å². The third-order valence-corrected chi connectivity index (χ3v) is 3.63. The molecule has 1 aromatic carbocycles. The third kappa shape index (κ3) is 7.51. The fourth-order valence-corrected chi connectivity index (χ4v) is 2.43. The van der Waals surface area contributed by atoms with Crippen LogP contribution in [-0.4, -0.2) is 24.3 Å². The number of amides is 1. The quantitative estimate of drug-likeness (QED) is 0.788. The summed E-state index contributed by atoms with van der Waals surface area (Å²) in [5.74, 6) is 0.466. The average Bonchev–Trinajstić information content (AvgIpc) is 2.46. The Kier molecular flexibility index (Phi) is 7.56. The molecule has 1 rings (SSSR count). The first-order valence-electron chi connectivity index (χ1n) is 8.50. The maximum atomic E-state index is 11.8. The van der Waals surface area contributed by atoms with Crippen molar-refractivity contribution >= 4 is 6.09 Å². The molecule has 0 aliphatic heterocycles. The van der Waals surface area contributed by atoms with Crippen molar-refractivity contribution in [2.75, 3.05) is 6.54 Å². The predicted octanol–water partition coefficient (Wildman–Crippen LogP) is 4.28. The lowest BCUT2D eigenvalue weighted by Gasteiger charge is -2.29. The zero-order chi connectivity index (χ0) is 17.5. The number of hydrogen-bond donors (Lipinski definition) is 2. The summed E-state index contributed by atoms with van der Waals surface area (Å²) in [4.78, 5) is 11.8. The van der Waals surface area contributed by atoms with Gasteiger partial charge in [-0.15, -0.1) is 0 Å². The molecule has 0 aliphatic carbocycles. The maximum Gasteiger partial charge on any atom is 0.407 e. The van der Waals surface area contributed by atoms with Gasteiger partial charge >= 0.3 is 6.09 Å². The van der Waals surface area contributed by atoms with Gasteiger partial charge in [0.25, 0.3) is 0 Å². The second-order valence-electron chi connectivity index (χ2n) is 7.29. The number of nitrogens with one attached hydrogen (secondary N) is 2. The van der Waals surface area contributed by atoms with Crippen molar-refractivity contribution in [2.24, 2.45) is 5.92 Å². The standard InChI is InChI=1S/C19H32N2O2/c1-7-16(13-20-18(22)23-19(4,5)6)21-17(14(2)3)15-11-9-8-10-12-15/h8-12,14,16-17,21H,7,13H2,1-6H3,(H,20,22). The number of alkyl carbamates (subject to hydrolysis) is 1. The molecule has 0 bridgehead atoms. The van der Waals surface area contributed by atoms with Crippen molar-refractivity contribution < 1.29 is 9.53 Å². The van der Waals surface area contributed by atoms with Gasteiger partial charge in [-0.25, -0.2) is 4.79 Å². The second kappa shape index (κ2) is 8.92. The van der Waals surface area contributed by atoms with Crippen LogP contribution >= 0.6 is 0 Å². The molecule has 0 aromatic heterocycles. The molecule has 0 aliphatic rings. The van der Waals surface area contributed by atoms with Crippen LogP contribution in [0, 0.1) is 5.92 Å². The van der Waals surface area contributed by atoms with E-state index in [4.69, 9.17) is 4.74 Å². The van der Waals surface area contributed by atoms with Crippen LogP contribution in [0.1, 0.15) is 59.6 Å². The van der Waals surface area contributed by atoms with Gasteiger partial charge in [0.15, 0.2) is 0 Å². The van der Waals surface area contributed by atoms with Crippen LogP contribution in [0.4, 0.5) is 4.79 Å². The molecule has 130 valence electrons. The van der Waals surface area contributed by atoms with E-state index in [2.05, 4.69) is 55.7 Å². The molecule has 1 amide bonds. The lowest BCUT2D eigenvalue weighted by molar-refractivity contribution is 0.0521. The number of rotatable bonds is 7. The average molecular weight is 320 g/mol. The highest BCUT2D eigenvalue weighted by Crippen LogP contribution is 2.22. The van der Waals surface area contributed by atoms with Crippen LogP contribution in [0.5, 0.6) is 0 Å². The van der Waals surface area contributed by atoms with E-state index in [1.54, 1.807) is 0 Å². The molecule has 23 heavy (non-hydrogen) atoms. The first-order chi connectivity index (χ1) is 10.7. The van der Waals surface area contributed by atoms with Gasteiger partial charge < -0.3 is 15.4 Å². The minimum Gasteiger partial charge on any atom is -0.444 e. The predicted molar refractivity (Wildman–Crippen MR) is 95.5 cm³/mol. The van der Waals surface area contributed by atoms with E-state index < -0.39 is 5.60 Å². The van der Waals surface area contributed by atoms with Crippen LogP contribution in [0.15, 0.2) is 30.3 Å². The van der Waals surface area contributed by atoms with Gasteiger partial charge in [-0.2, -0.15) is 0 Å². The topological polar surface area (TPSA) is 50.4 Å². The Morgan fingerprint density at radius 2 is 1.78 bits per heavy atom. The van der Waals surface area contributed by atoms with Crippen LogP contribution in [0.2, 0.25) is 0 Å². The SMILES string of the molecule is CCC(CNC(=O)OC(C)(C)C)NC(c1ccccc1)C(C)C. The van der Waals surface area contributed by atoms with Crippen LogP contribution in [-0.2, 0) is 4.74 Å². The largest absolute Gasteiger partial charge is 0.444 e. The molecule has 0 saturated heterocycles. The number of hydrogen-bond acceptors (Lipinski definition) is 3. The van der Waals surface area contributed by atoms with Crippen molar-refractivity contribution in [3.05, 3.63) is 35.9 Å². The number of benzene rings is 1. The lowest BCUT2D eigenvalue weighted by Crippen LogP contribution is -2.44. The van der Waals surface area contributed by atoms with Gasteiger partial charge in [-0.05, 0) is 38.7 Å². The van der Waals surface area contributed by atoms with Crippen molar-refractivity contribution in [2.45, 2.75) is 65.6 Å². The summed E-state index contributed by atoms with van der Waals surface area (Å²) in [6, 6.07) is 10.9.